The topological polar surface area (TPSA) is 54.5 Å². The van der Waals surface area contributed by atoms with Crippen molar-refractivity contribution in [3.8, 4) is 0 Å². The van der Waals surface area contributed by atoms with Crippen LogP contribution in [0.3, 0.4) is 0 Å². The molecule has 0 radical (unpaired) electrons. The SMILES string of the molecule is c1ccc2c(c1)c1cn[nH]c1c1cncnc21. The molecule has 80 valence electrons. The van der Waals surface area contributed by atoms with Gasteiger partial charge in [-0.15, -0.1) is 0 Å². The minimum Gasteiger partial charge on any atom is -0.277 e. The molecule has 0 bridgehead atoms. The Morgan fingerprint density at radius 2 is 1.76 bits per heavy atom. The first-order chi connectivity index (χ1) is 8.45. The van der Waals surface area contributed by atoms with Gasteiger partial charge < -0.3 is 0 Å². The van der Waals surface area contributed by atoms with E-state index in [4.69, 9.17) is 0 Å². The van der Waals surface area contributed by atoms with Crippen LogP contribution in [0, 0.1) is 0 Å². The lowest BCUT2D eigenvalue weighted by molar-refractivity contribution is 1.12. The van der Waals surface area contributed by atoms with E-state index in [2.05, 4.69) is 32.3 Å². The third-order valence-corrected chi connectivity index (χ3v) is 3.09. The lowest BCUT2D eigenvalue weighted by Crippen LogP contribution is -1.85. The third kappa shape index (κ3) is 1.04. The maximum atomic E-state index is 4.38. The van der Waals surface area contributed by atoms with Crippen molar-refractivity contribution in [2.75, 3.05) is 0 Å². The second-order valence-corrected chi connectivity index (χ2v) is 3.99. The molecule has 0 saturated heterocycles. The van der Waals surface area contributed by atoms with Crippen LogP contribution in [0.4, 0.5) is 0 Å². The van der Waals surface area contributed by atoms with Gasteiger partial charge >= 0.3 is 0 Å². The zero-order chi connectivity index (χ0) is 11.2. The van der Waals surface area contributed by atoms with Crippen LogP contribution in [-0.4, -0.2) is 20.2 Å². The second kappa shape index (κ2) is 3.01. The Labute approximate surface area is 96.3 Å². The summed E-state index contributed by atoms with van der Waals surface area (Å²) in [6.45, 7) is 0. The zero-order valence-electron chi connectivity index (χ0n) is 8.88. The van der Waals surface area contributed by atoms with E-state index in [1.54, 1.807) is 6.33 Å². The summed E-state index contributed by atoms with van der Waals surface area (Å²) in [6.07, 6.45) is 5.26. The Morgan fingerprint density at radius 1 is 0.882 bits per heavy atom. The molecule has 0 aliphatic heterocycles. The Hall–Kier alpha value is -2.49. The number of aromatic amines is 1. The van der Waals surface area contributed by atoms with Gasteiger partial charge in [-0.3, -0.25) is 5.10 Å². The standard InChI is InChI=1S/C13H8N4/c1-2-4-9-8(3-1)10-6-16-17-13(10)11-5-14-7-15-12(9)11/h1-7H,(H,16,17). The summed E-state index contributed by atoms with van der Waals surface area (Å²) in [5, 5.41) is 11.6. The van der Waals surface area contributed by atoms with Crippen LogP contribution in [0.15, 0.2) is 43.0 Å². The highest BCUT2D eigenvalue weighted by Gasteiger charge is 2.09. The number of hydrogen-bond acceptors (Lipinski definition) is 3. The highest BCUT2D eigenvalue weighted by molar-refractivity contribution is 6.22. The van der Waals surface area contributed by atoms with Gasteiger partial charge in [0.2, 0.25) is 0 Å². The Kier molecular flexibility index (Phi) is 1.53. The van der Waals surface area contributed by atoms with E-state index in [0.717, 1.165) is 27.2 Å². The molecule has 4 aromatic rings. The number of rotatable bonds is 0. The summed E-state index contributed by atoms with van der Waals surface area (Å²) in [4.78, 5) is 8.47. The van der Waals surface area contributed by atoms with Crippen LogP contribution in [0.5, 0.6) is 0 Å². The van der Waals surface area contributed by atoms with E-state index in [9.17, 15) is 0 Å². The first-order valence-electron chi connectivity index (χ1n) is 5.38. The first-order valence-corrected chi connectivity index (χ1v) is 5.38. The van der Waals surface area contributed by atoms with Crippen molar-refractivity contribution in [2.45, 2.75) is 0 Å². The van der Waals surface area contributed by atoms with E-state index < -0.39 is 0 Å². The predicted octanol–water partition coefficient (Wildman–Crippen LogP) is 2.66. The van der Waals surface area contributed by atoms with E-state index in [1.165, 1.54) is 5.39 Å². The molecule has 0 unspecified atom stereocenters. The summed E-state index contributed by atoms with van der Waals surface area (Å²) in [5.41, 5.74) is 1.96. The van der Waals surface area contributed by atoms with Gasteiger partial charge in [0.25, 0.3) is 0 Å². The summed E-state index contributed by atoms with van der Waals surface area (Å²) in [6, 6.07) is 8.23. The molecular weight excluding hydrogens is 212 g/mol. The normalized spacial score (nSPS) is 11.5. The Morgan fingerprint density at radius 3 is 2.71 bits per heavy atom. The average Bonchev–Trinajstić information content (AvgIpc) is 2.89. The van der Waals surface area contributed by atoms with Crippen LogP contribution < -0.4 is 0 Å². The molecule has 0 atom stereocenters. The number of fused-ring (bicyclic) bond motifs is 6. The van der Waals surface area contributed by atoms with Crippen molar-refractivity contribution in [3.05, 3.63) is 43.0 Å². The highest BCUT2D eigenvalue weighted by atomic mass is 15.1. The molecule has 2 heterocycles. The highest BCUT2D eigenvalue weighted by Crippen LogP contribution is 2.31. The molecule has 0 amide bonds. The number of hydrogen-bond donors (Lipinski definition) is 1. The van der Waals surface area contributed by atoms with Gasteiger partial charge in [0, 0.05) is 22.4 Å². The van der Waals surface area contributed by atoms with E-state index in [0.29, 0.717) is 0 Å². The molecule has 4 nitrogen and oxygen atoms in total. The summed E-state index contributed by atoms with van der Waals surface area (Å²) in [7, 11) is 0. The van der Waals surface area contributed by atoms with Gasteiger partial charge in [-0.1, -0.05) is 24.3 Å². The van der Waals surface area contributed by atoms with Gasteiger partial charge in [0.15, 0.2) is 0 Å². The van der Waals surface area contributed by atoms with Gasteiger partial charge in [0.05, 0.1) is 17.2 Å². The van der Waals surface area contributed by atoms with Crippen LogP contribution in [0.1, 0.15) is 0 Å². The fourth-order valence-corrected chi connectivity index (χ4v) is 2.35. The van der Waals surface area contributed by atoms with E-state index in [-0.39, 0.29) is 0 Å². The molecule has 1 N–H and O–H groups in total. The molecule has 2 aromatic heterocycles. The van der Waals surface area contributed by atoms with Gasteiger partial charge in [0.1, 0.15) is 6.33 Å². The van der Waals surface area contributed by atoms with Crippen LogP contribution >= 0.6 is 0 Å². The van der Waals surface area contributed by atoms with Crippen molar-refractivity contribution in [1.82, 2.24) is 20.2 Å². The van der Waals surface area contributed by atoms with E-state index in [1.807, 2.05) is 24.5 Å². The summed E-state index contributed by atoms with van der Waals surface area (Å²) < 4.78 is 0. The molecule has 0 spiro atoms. The monoisotopic (exact) mass is 220 g/mol. The van der Waals surface area contributed by atoms with Crippen molar-refractivity contribution < 1.29 is 0 Å². The fraction of sp³-hybridized carbons (Fsp3) is 0. The molecule has 4 heteroatoms. The van der Waals surface area contributed by atoms with Gasteiger partial charge in [-0.25, -0.2) is 9.97 Å². The number of aromatic nitrogens is 4. The quantitative estimate of drug-likeness (QED) is 0.463. The number of benzene rings is 2. The lowest BCUT2D eigenvalue weighted by Gasteiger charge is -2.04. The fourth-order valence-electron chi connectivity index (χ4n) is 2.35. The van der Waals surface area contributed by atoms with Crippen molar-refractivity contribution in [2.24, 2.45) is 0 Å². The Balaban J connectivity index is 2.48. The second-order valence-electron chi connectivity index (χ2n) is 3.99. The zero-order valence-corrected chi connectivity index (χ0v) is 8.88. The smallest absolute Gasteiger partial charge is 0.116 e. The lowest BCUT2D eigenvalue weighted by atomic mass is 10.0. The predicted molar refractivity (Wildman–Crippen MR) is 66.7 cm³/mol. The number of nitrogens with zero attached hydrogens (tertiary/aromatic N) is 3. The maximum Gasteiger partial charge on any atom is 0.116 e. The minimum atomic E-state index is 0.965. The molecule has 0 aliphatic carbocycles. The molecule has 0 aliphatic rings. The third-order valence-electron chi connectivity index (χ3n) is 3.09. The number of nitrogens with one attached hydrogen (secondary N) is 1. The largest absolute Gasteiger partial charge is 0.277 e. The van der Waals surface area contributed by atoms with E-state index >= 15 is 0 Å². The summed E-state index contributed by atoms with van der Waals surface area (Å²) >= 11 is 0. The van der Waals surface area contributed by atoms with Crippen LogP contribution in [0.2, 0.25) is 0 Å². The molecule has 17 heavy (non-hydrogen) atoms. The molecule has 2 aromatic carbocycles. The van der Waals surface area contributed by atoms with Gasteiger partial charge in [-0.05, 0) is 5.39 Å². The number of H-pyrrole nitrogens is 1. The minimum absolute atomic E-state index is 0.965. The van der Waals surface area contributed by atoms with Crippen LogP contribution in [0.25, 0.3) is 32.6 Å². The molecular formula is C13H8N4. The average molecular weight is 220 g/mol. The molecule has 0 fully saturated rings. The van der Waals surface area contributed by atoms with Crippen molar-refractivity contribution in [3.63, 3.8) is 0 Å². The van der Waals surface area contributed by atoms with Gasteiger partial charge in [-0.2, -0.15) is 5.10 Å². The maximum absolute atomic E-state index is 4.38. The van der Waals surface area contributed by atoms with Crippen molar-refractivity contribution in [1.29, 1.82) is 0 Å². The first kappa shape index (κ1) is 8.64. The van der Waals surface area contributed by atoms with Crippen LogP contribution in [-0.2, 0) is 0 Å². The Bertz CT molecular complexity index is 778. The molecule has 0 saturated carbocycles. The summed E-state index contributed by atoms with van der Waals surface area (Å²) in [5.74, 6) is 0. The van der Waals surface area contributed by atoms with Crippen molar-refractivity contribution >= 4 is 32.6 Å². The molecule has 4 rings (SSSR count).